The molecule has 3 aromatic rings. The van der Waals surface area contributed by atoms with Gasteiger partial charge < -0.3 is 19.0 Å². The number of nitro benzene ring substituents is 1. The maximum absolute atomic E-state index is 12.7. The van der Waals surface area contributed by atoms with Gasteiger partial charge in [0, 0.05) is 17.8 Å². The van der Waals surface area contributed by atoms with Crippen molar-refractivity contribution in [3.8, 4) is 17.6 Å². The number of carbonyl (C=O) groups is 2. The molecular weight excluding hydrogens is 530 g/mol. The van der Waals surface area contributed by atoms with E-state index in [0.29, 0.717) is 16.8 Å². The molecule has 0 radical (unpaired) electrons. The van der Waals surface area contributed by atoms with Crippen LogP contribution in [0.25, 0.3) is 6.08 Å². The number of nitrogens with one attached hydrogen (secondary N) is 1. The fraction of sp³-hybridized carbons (Fsp3) is 0.115. The Hall–Kier alpha value is -5.22. The molecule has 0 heterocycles. The van der Waals surface area contributed by atoms with Gasteiger partial charge in [-0.05, 0) is 61.0 Å². The third-order valence-corrected chi connectivity index (χ3v) is 6.26. The van der Waals surface area contributed by atoms with Gasteiger partial charge in [-0.1, -0.05) is 12.1 Å². The molecule has 0 saturated carbocycles. The second-order valence-electron chi connectivity index (χ2n) is 7.62. The molecule has 0 fully saturated rings. The largest absolute Gasteiger partial charge is 0.493 e. The molecule has 0 spiro atoms. The fourth-order valence-electron chi connectivity index (χ4n) is 3.18. The molecule has 0 aromatic heterocycles. The number of rotatable bonds is 10. The number of nitriles is 1. The molecule has 0 aliphatic rings. The minimum Gasteiger partial charge on any atom is -0.493 e. The first-order valence-corrected chi connectivity index (χ1v) is 12.6. The predicted molar refractivity (Wildman–Crippen MR) is 139 cm³/mol. The van der Waals surface area contributed by atoms with Crippen LogP contribution in [-0.4, -0.2) is 38.9 Å². The maximum Gasteiger partial charge on any atom is 0.339 e. The van der Waals surface area contributed by atoms with Crippen LogP contribution in [0, 0.1) is 21.4 Å². The van der Waals surface area contributed by atoms with E-state index >= 15 is 0 Å². The van der Waals surface area contributed by atoms with Crippen molar-refractivity contribution >= 4 is 39.4 Å². The molecule has 0 atom stereocenters. The number of benzene rings is 3. The Bertz CT molecular complexity index is 1590. The molecule has 3 rings (SSSR count). The summed E-state index contributed by atoms with van der Waals surface area (Å²) < 4.78 is 40.6. The first-order chi connectivity index (χ1) is 18.6. The fourth-order valence-corrected chi connectivity index (χ4v) is 4.16. The van der Waals surface area contributed by atoms with Crippen LogP contribution in [-0.2, 0) is 19.6 Å². The summed E-state index contributed by atoms with van der Waals surface area (Å²) in [7, 11) is -3.19. The number of anilines is 1. The van der Waals surface area contributed by atoms with Gasteiger partial charge in [-0.2, -0.15) is 13.7 Å². The van der Waals surface area contributed by atoms with Crippen molar-refractivity contribution in [3.05, 3.63) is 93.5 Å². The Morgan fingerprint density at radius 1 is 1.08 bits per heavy atom. The second-order valence-corrected chi connectivity index (χ2v) is 9.17. The number of nitro groups is 1. The Kier molecular flexibility index (Phi) is 8.98. The van der Waals surface area contributed by atoms with Crippen molar-refractivity contribution in [1.82, 2.24) is 0 Å². The standard InChI is InChI=1S/C26H21N3O9S/c1-3-37-26(31)18-8-10-20(11-9-18)28-25(30)19(16-27)13-17-7-12-23(24(14-17)36-2)38-39(34,35)22-6-4-5-21(15-22)29(32)33/h4-15H,3H2,1-2H3,(H,28,30)/b19-13+. The lowest BCUT2D eigenvalue weighted by Crippen LogP contribution is -2.13. The summed E-state index contributed by atoms with van der Waals surface area (Å²) in [6, 6.07) is 16.0. The highest BCUT2D eigenvalue weighted by atomic mass is 32.2. The number of carbonyl (C=O) groups excluding carboxylic acids is 2. The number of hydrogen-bond acceptors (Lipinski definition) is 10. The summed E-state index contributed by atoms with van der Waals surface area (Å²) >= 11 is 0. The zero-order chi connectivity index (χ0) is 28.6. The minimum atomic E-state index is -4.45. The van der Waals surface area contributed by atoms with Gasteiger partial charge in [0.05, 0.1) is 24.2 Å². The molecule has 200 valence electrons. The molecule has 0 saturated heterocycles. The van der Waals surface area contributed by atoms with Crippen molar-refractivity contribution < 1.29 is 36.6 Å². The van der Waals surface area contributed by atoms with Gasteiger partial charge in [-0.3, -0.25) is 14.9 Å². The third-order valence-electron chi connectivity index (χ3n) is 5.03. The van der Waals surface area contributed by atoms with E-state index in [9.17, 15) is 33.4 Å². The number of ether oxygens (including phenoxy) is 2. The zero-order valence-corrected chi connectivity index (χ0v) is 21.4. The quantitative estimate of drug-likeness (QED) is 0.0964. The van der Waals surface area contributed by atoms with E-state index in [1.165, 1.54) is 61.7 Å². The summed E-state index contributed by atoms with van der Waals surface area (Å²) in [4.78, 5) is 34.2. The normalized spacial score (nSPS) is 11.2. The van der Waals surface area contributed by atoms with Gasteiger partial charge in [0.15, 0.2) is 11.5 Å². The number of non-ortho nitro benzene ring substituents is 1. The number of amides is 1. The van der Waals surface area contributed by atoms with Crippen molar-refractivity contribution in [3.63, 3.8) is 0 Å². The highest BCUT2D eigenvalue weighted by molar-refractivity contribution is 7.87. The van der Waals surface area contributed by atoms with Gasteiger partial charge >= 0.3 is 16.1 Å². The summed E-state index contributed by atoms with van der Waals surface area (Å²) in [5, 5.41) is 23.0. The molecule has 39 heavy (non-hydrogen) atoms. The predicted octanol–water partition coefficient (Wildman–Crippen LogP) is 4.09. The van der Waals surface area contributed by atoms with E-state index in [2.05, 4.69) is 5.32 Å². The average molecular weight is 552 g/mol. The van der Waals surface area contributed by atoms with Crippen LogP contribution in [0.3, 0.4) is 0 Å². The van der Waals surface area contributed by atoms with Crippen molar-refractivity contribution in [1.29, 1.82) is 5.26 Å². The van der Waals surface area contributed by atoms with Crippen molar-refractivity contribution in [2.45, 2.75) is 11.8 Å². The lowest BCUT2D eigenvalue weighted by molar-refractivity contribution is -0.385. The summed E-state index contributed by atoms with van der Waals surface area (Å²) in [5.41, 5.74) is 0.250. The lowest BCUT2D eigenvalue weighted by Gasteiger charge is -2.11. The lowest BCUT2D eigenvalue weighted by atomic mass is 10.1. The number of hydrogen-bond donors (Lipinski definition) is 1. The molecule has 3 aromatic carbocycles. The number of methoxy groups -OCH3 is 1. The van der Waals surface area contributed by atoms with E-state index in [1.807, 2.05) is 0 Å². The number of esters is 1. The van der Waals surface area contributed by atoms with E-state index < -0.39 is 37.5 Å². The van der Waals surface area contributed by atoms with Crippen molar-refractivity contribution in [2.24, 2.45) is 0 Å². The Labute approximate surface area is 223 Å². The first kappa shape index (κ1) is 28.4. The molecule has 0 aliphatic heterocycles. The van der Waals surface area contributed by atoms with Crippen LogP contribution < -0.4 is 14.2 Å². The molecule has 0 aliphatic carbocycles. The average Bonchev–Trinajstić information content (AvgIpc) is 2.92. The van der Waals surface area contributed by atoms with Gasteiger partial charge in [0.1, 0.15) is 16.5 Å². The molecule has 0 bridgehead atoms. The second kappa shape index (κ2) is 12.3. The molecule has 1 N–H and O–H groups in total. The molecule has 13 heteroatoms. The SMILES string of the molecule is CCOC(=O)c1ccc(NC(=O)/C(C#N)=C/c2ccc(OS(=O)(=O)c3cccc([N+](=O)[O-])c3)c(OC)c2)cc1. The van der Waals surface area contributed by atoms with Gasteiger partial charge in [-0.25, -0.2) is 4.79 Å². The third kappa shape index (κ3) is 7.18. The smallest absolute Gasteiger partial charge is 0.339 e. The Morgan fingerprint density at radius 2 is 1.79 bits per heavy atom. The molecule has 0 unspecified atom stereocenters. The topological polar surface area (TPSA) is 175 Å². The Balaban J connectivity index is 1.80. The summed E-state index contributed by atoms with van der Waals surface area (Å²) in [6.07, 6.45) is 1.25. The minimum absolute atomic E-state index is 0.0370. The first-order valence-electron chi connectivity index (χ1n) is 11.1. The summed E-state index contributed by atoms with van der Waals surface area (Å²) in [5.74, 6) is -1.49. The van der Waals surface area contributed by atoms with Crippen LogP contribution in [0.5, 0.6) is 11.5 Å². The zero-order valence-electron chi connectivity index (χ0n) is 20.6. The van der Waals surface area contributed by atoms with Crippen molar-refractivity contribution in [2.75, 3.05) is 19.0 Å². The van der Waals surface area contributed by atoms with E-state index in [1.54, 1.807) is 13.0 Å². The van der Waals surface area contributed by atoms with E-state index in [4.69, 9.17) is 13.7 Å². The van der Waals surface area contributed by atoms with Gasteiger partial charge in [0.25, 0.3) is 11.6 Å². The van der Waals surface area contributed by atoms with Crippen LogP contribution in [0.2, 0.25) is 0 Å². The maximum atomic E-state index is 12.7. The monoisotopic (exact) mass is 551 g/mol. The molecule has 1 amide bonds. The number of nitrogens with zero attached hydrogens (tertiary/aromatic N) is 2. The highest BCUT2D eigenvalue weighted by Gasteiger charge is 2.22. The summed E-state index contributed by atoms with van der Waals surface area (Å²) in [6.45, 7) is 1.90. The van der Waals surface area contributed by atoms with Gasteiger partial charge in [-0.15, -0.1) is 0 Å². The Morgan fingerprint density at radius 3 is 2.41 bits per heavy atom. The van der Waals surface area contributed by atoms with Crippen LogP contribution >= 0.6 is 0 Å². The van der Waals surface area contributed by atoms with Crippen LogP contribution in [0.1, 0.15) is 22.8 Å². The van der Waals surface area contributed by atoms with Gasteiger partial charge in [0.2, 0.25) is 0 Å². The van der Waals surface area contributed by atoms with E-state index in [-0.39, 0.29) is 23.7 Å². The van der Waals surface area contributed by atoms with E-state index in [0.717, 1.165) is 18.2 Å². The molecule has 12 nitrogen and oxygen atoms in total. The molecular formula is C26H21N3O9S. The van der Waals surface area contributed by atoms with Crippen LogP contribution in [0.4, 0.5) is 11.4 Å². The highest BCUT2D eigenvalue weighted by Crippen LogP contribution is 2.32. The van der Waals surface area contributed by atoms with Crippen LogP contribution in [0.15, 0.2) is 77.2 Å².